The van der Waals surface area contributed by atoms with Crippen LogP contribution in [0.3, 0.4) is 0 Å². The minimum Gasteiger partial charge on any atom is -0.493 e. The van der Waals surface area contributed by atoms with Crippen LogP contribution in [0.1, 0.15) is 35.3 Å². The molecule has 2 aromatic carbocycles. The van der Waals surface area contributed by atoms with Gasteiger partial charge in [-0.1, -0.05) is 12.1 Å². The molecule has 0 atom stereocenters. The predicted octanol–water partition coefficient (Wildman–Crippen LogP) is 4.10. The second-order valence-electron chi connectivity index (χ2n) is 6.88. The van der Waals surface area contributed by atoms with Crippen LogP contribution in [0.15, 0.2) is 42.5 Å². The lowest BCUT2D eigenvalue weighted by Gasteiger charge is -2.27. The van der Waals surface area contributed by atoms with E-state index in [9.17, 15) is 26.4 Å². The minimum atomic E-state index is -4.56. The number of ether oxygens (including phenoxy) is 1. The second-order valence-corrected chi connectivity index (χ2v) is 8.45. The highest BCUT2D eigenvalue weighted by Gasteiger charge is 2.31. The molecule has 0 aromatic heterocycles. The summed E-state index contributed by atoms with van der Waals surface area (Å²) in [5, 5.41) is 0. The molecule has 164 valence electrons. The third kappa shape index (κ3) is 6.12. The Morgan fingerprint density at radius 2 is 1.77 bits per heavy atom. The lowest BCUT2D eigenvalue weighted by molar-refractivity contribution is -0.137. The van der Waals surface area contributed by atoms with Crippen LogP contribution in [0.2, 0.25) is 0 Å². The molecule has 0 heterocycles. The zero-order chi connectivity index (χ0) is 22.7. The molecular weight excluding hydrogens is 423 g/mol. The number of rotatable bonds is 7. The fraction of sp³-hybridized carbons (Fsp3) is 0.350. The molecule has 0 saturated carbocycles. The number of amides is 1. The summed E-state index contributed by atoms with van der Waals surface area (Å²) < 4.78 is 71.9. The third-order valence-electron chi connectivity index (χ3n) is 4.14. The van der Waals surface area contributed by atoms with Crippen LogP contribution < -0.4 is 8.92 Å². The van der Waals surface area contributed by atoms with Crippen molar-refractivity contribution in [2.45, 2.75) is 32.6 Å². The number of carbonyl (C=O) groups excluding carboxylic acids is 1. The average molecular weight is 445 g/mol. The monoisotopic (exact) mass is 445 g/mol. The summed E-state index contributed by atoms with van der Waals surface area (Å²) in [5.41, 5.74) is -0.492. The number of nitrogens with zero attached hydrogens (tertiary/aromatic N) is 1. The average Bonchev–Trinajstić information content (AvgIpc) is 2.63. The van der Waals surface area contributed by atoms with Gasteiger partial charge < -0.3 is 13.8 Å². The zero-order valence-electron chi connectivity index (χ0n) is 16.9. The fourth-order valence-electron chi connectivity index (χ4n) is 2.73. The van der Waals surface area contributed by atoms with Crippen LogP contribution in [0.4, 0.5) is 13.2 Å². The molecular formula is C20H22F3NO5S. The van der Waals surface area contributed by atoms with E-state index in [0.717, 1.165) is 18.4 Å². The molecule has 0 saturated heterocycles. The van der Waals surface area contributed by atoms with Crippen molar-refractivity contribution in [1.82, 2.24) is 4.90 Å². The van der Waals surface area contributed by atoms with E-state index >= 15 is 0 Å². The highest BCUT2D eigenvalue weighted by atomic mass is 32.2. The van der Waals surface area contributed by atoms with Crippen LogP contribution in [0.5, 0.6) is 11.5 Å². The number of hydrogen-bond acceptors (Lipinski definition) is 5. The van der Waals surface area contributed by atoms with Gasteiger partial charge >= 0.3 is 16.3 Å². The highest BCUT2D eigenvalue weighted by Crippen LogP contribution is 2.31. The summed E-state index contributed by atoms with van der Waals surface area (Å²) in [6, 6.07) is 8.38. The first kappa shape index (κ1) is 23.5. The van der Waals surface area contributed by atoms with Crippen molar-refractivity contribution >= 4 is 16.0 Å². The Morgan fingerprint density at radius 3 is 2.30 bits per heavy atom. The van der Waals surface area contributed by atoms with Crippen molar-refractivity contribution in [2.75, 3.05) is 13.4 Å². The predicted molar refractivity (Wildman–Crippen MR) is 105 cm³/mol. The van der Waals surface area contributed by atoms with E-state index in [1.54, 1.807) is 19.9 Å². The first-order chi connectivity index (χ1) is 13.8. The lowest BCUT2D eigenvalue weighted by atomic mass is 10.1. The van der Waals surface area contributed by atoms with Crippen molar-refractivity contribution in [3.05, 3.63) is 59.2 Å². The molecule has 1 amide bonds. The topological polar surface area (TPSA) is 72.9 Å². The highest BCUT2D eigenvalue weighted by molar-refractivity contribution is 7.86. The van der Waals surface area contributed by atoms with E-state index in [1.165, 1.54) is 36.3 Å². The van der Waals surface area contributed by atoms with Crippen molar-refractivity contribution in [3.8, 4) is 11.5 Å². The molecule has 0 N–H and O–H groups in total. The minimum absolute atomic E-state index is 0.0247. The van der Waals surface area contributed by atoms with Gasteiger partial charge in [0.1, 0.15) is 0 Å². The Kier molecular flexibility index (Phi) is 7.02. The van der Waals surface area contributed by atoms with E-state index in [1.807, 2.05) is 0 Å². The Labute approximate surface area is 173 Å². The quantitative estimate of drug-likeness (QED) is 0.600. The van der Waals surface area contributed by atoms with Gasteiger partial charge in [0.2, 0.25) is 0 Å². The summed E-state index contributed by atoms with van der Waals surface area (Å²) in [5.74, 6) is -0.449. The maximum absolute atomic E-state index is 13.0. The maximum Gasteiger partial charge on any atom is 0.416 e. The van der Waals surface area contributed by atoms with Gasteiger partial charge in [0.25, 0.3) is 5.91 Å². The molecule has 0 aliphatic carbocycles. The molecule has 0 fully saturated rings. The lowest BCUT2D eigenvalue weighted by Crippen LogP contribution is -2.36. The summed E-state index contributed by atoms with van der Waals surface area (Å²) in [4.78, 5) is 14.3. The van der Waals surface area contributed by atoms with Gasteiger partial charge in [-0.25, -0.2) is 0 Å². The van der Waals surface area contributed by atoms with E-state index in [-0.39, 0.29) is 29.6 Å². The van der Waals surface area contributed by atoms with Crippen LogP contribution >= 0.6 is 0 Å². The maximum atomic E-state index is 13.0. The van der Waals surface area contributed by atoms with Crippen molar-refractivity contribution in [1.29, 1.82) is 0 Å². The van der Waals surface area contributed by atoms with E-state index in [0.29, 0.717) is 5.56 Å². The Hall–Kier alpha value is -2.75. The number of carbonyl (C=O) groups is 1. The van der Waals surface area contributed by atoms with Crippen molar-refractivity contribution < 1.29 is 35.3 Å². The molecule has 6 nitrogen and oxygen atoms in total. The number of halogens is 3. The molecule has 2 aromatic rings. The van der Waals surface area contributed by atoms with Crippen molar-refractivity contribution in [2.24, 2.45) is 0 Å². The smallest absolute Gasteiger partial charge is 0.416 e. The molecule has 0 unspecified atom stereocenters. The Bertz CT molecular complexity index is 1020. The molecule has 0 spiro atoms. The number of methoxy groups -OCH3 is 1. The van der Waals surface area contributed by atoms with Gasteiger partial charge in [-0.05, 0) is 49.7 Å². The first-order valence-electron chi connectivity index (χ1n) is 8.86. The van der Waals surface area contributed by atoms with Crippen LogP contribution in [0.25, 0.3) is 0 Å². The summed E-state index contributed by atoms with van der Waals surface area (Å²) in [7, 11) is -2.47. The van der Waals surface area contributed by atoms with Gasteiger partial charge in [-0.15, -0.1) is 0 Å². The van der Waals surface area contributed by atoms with Gasteiger partial charge in [0.05, 0.1) is 18.9 Å². The summed E-state index contributed by atoms with van der Waals surface area (Å²) >= 11 is 0. The Balaban J connectivity index is 2.36. The van der Waals surface area contributed by atoms with Crippen molar-refractivity contribution in [3.63, 3.8) is 0 Å². The van der Waals surface area contributed by atoms with Gasteiger partial charge in [0, 0.05) is 18.2 Å². The zero-order valence-corrected chi connectivity index (χ0v) is 17.7. The van der Waals surface area contributed by atoms with Crippen LogP contribution in [-0.4, -0.2) is 38.6 Å². The number of alkyl halides is 3. The molecule has 0 aliphatic heterocycles. The molecule has 0 aliphatic rings. The van der Waals surface area contributed by atoms with Gasteiger partial charge in [0.15, 0.2) is 11.5 Å². The van der Waals surface area contributed by atoms with E-state index in [4.69, 9.17) is 8.92 Å². The van der Waals surface area contributed by atoms with Crippen LogP contribution in [-0.2, 0) is 22.8 Å². The van der Waals surface area contributed by atoms with Crippen LogP contribution in [0, 0.1) is 0 Å². The SMILES string of the molecule is COc1ccc(CN(C(=O)c2cccc(C(F)(F)F)c2)C(C)C)cc1OS(C)(=O)=O. The number of hydrogen-bond donors (Lipinski definition) is 0. The van der Waals surface area contributed by atoms with E-state index in [2.05, 4.69) is 0 Å². The largest absolute Gasteiger partial charge is 0.493 e. The third-order valence-corrected chi connectivity index (χ3v) is 4.63. The Morgan fingerprint density at radius 1 is 1.10 bits per heavy atom. The molecule has 0 radical (unpaired) electrons. The van der Waals surface area contributed by atoms with Gasteiger partial charge in [-0.3, -0.25) is 4.79 Å². The number of benzene rings is 2. The molecule has 30 heavy (non-hydrogen) atoms. The second kappa shape index (κ2) is 8.95. The first-order valence-corrected chi connectivity index (χ1v) is 10.7. The standard InChI is InChI=1S/C20H22F3NO5S/c1-13(2)24(19(25)15-6-5-7-16(11-15)20(21,22)23)12-14-8-9-17(28-3)18(10-14)29-30(4,26)27/h5-11,13H,12H2,1-4H3. The summed E-state index contributed by atoms with van der Waals surface area (Å²) in [6.45, 7) is 3.47. The molecule has 0 bridgehead atoms. The van der Waals surface area contributed by atoms with Gasteiger partial charge in [-0.2, -0.15) is 21.6 Å². The normalized spacial score (nSPS) is 12.0. The molecule has 10 heteroatoms. The van der Waals surface area contributed by atoms with E-state index < -0.39 is 27.8 Å². The summed E-state index contributed by atoms with van der Waals surface area (Å²) in [6.07, 6.45) is -3.68. The molecule has 2 rings (SSSR count). The fourth-order valence-corrected chi connectivity index (χ4v) is 3.18.